The topological polar surface area (TPSA) is 69.6 Å². The fourth-order valence-electron chi connectivity index (χ4n) is 2.51. The zero-order chi connectivity index (χ0) is 16.7. The molecule has 0 aliphatic carbocycles. The van der Waals surface area contributed by atoms with E-state index in [9.17, 15) is 4.79 Å². The van der Waals surface area contributed by atoms with E-state index in [0.29, 0.717) is 12.5 Å². The van der Waals surface area contributed by atoms with Crippen molar-refractivity contribution >= 4 is 47.2 Å². The Morgan fingerprint density at radius 2 is 1.96 bits per heavy atom. The van der Waals surface area contributed by atoms with Crippen LogP contribution in [0, 0.1) is 13.8 Å². The highest BCUT2D eigenvalue weighted by molar-refractivity contribution is 14.0. The Balaban J connectivity index is 0.00000288. The van der Waals surface area contributed by atoms with Gasteiger partial charge in [-0.25, -0.2) is 9.98 Å². The molecule has 2 heterocycles. The van der Waals surface area contributed by atoms with Crippen molar-refractivity contribution in [3.63, 3.8) is 0 Å². The number of nitrogens with one attached hydrogen (secondary N) is 2. The van der Waals surface area contributed by atoms with Crippen molar-refractivity contribution in [1.82, 2.24) is 20.5 Å². The molecule has 1 aliphatic rings. The molecule has 1 aromatic heterocycles. The van der Waals surface area contributed by atoms with Gasteiger partial charge in [-0.3, -0.25) is 4.79 Å². The van der Waals surface area contributed by atoms with E-state index >= 15 is 0 Å². The lowest BCUT2D eigenvalue weighted by Gasteiger charge is -2.26. The predicted octanol–water partition coefficient (Wildman–Crippen LogP) is 2.45. The second kappa shape index (κ2) is 10.9. The molecule has 1 fully saturated rings. The van der Waals surface area contributed by atoms with Crippen LogP contribution in [0.3, 0.4) is 0 Å². The van der Waals surface area contributed by atoms with Crippen LogP contribution in [0.25, 0.3) is 0 Å². The van der Waals surface area contributed by atoms with Gasteiger partial charge in [-0.2, -0.15) is 0 Å². The van der Waals surface area contributed by atoms with Crippen LogP contribution in [-0.4, -0.2) is 47.9 Å². The highest BCUT2D eigenvalue weighted by Crippen LogP contribution is 2.15. The summed E-state index contributed by atoms with van der Waals surface area (Å²) in [6.07, 6.45) is 3.44. The predicted molar refractivity (Wildman–Crippen MR) is 110 cm³/mol. The highest BCUT2D eigenvalue weighted by Gasteiger charge is 2.16. The maximum atomic E-state index is 12.2. The SMILES string of the molecule is CCNC(=NCC(=O)N1CCCCC1)NCc1nc(C)c(C)s1.I. The van der Waals surface area contributed by atoms with Gasteiger partial charge in [-0.1, -0.05) is 0 Å². The molecule has 1 saturated heterocycles. The van der Waals surface area contributed by atoms with Gasteiger partial charge in [0, 0.05) is 24.5 Å². The van der Waals surface area contributed by atoms with Crippen molar-refractivity contribution in [2.45, 2.75) is 46.6 Å². The van der Waals surface area contributed by atoms with E-state index in [-0.39, 0.29) is 36.4 Å². The van der Waals surface area contributed by atoms with Crippen LogP contribution >= 0.6 is 35.3 Å². The molecule has 0 radical (unpaired) electrons. The second-order valence-electron chi connectivity index (χ2n) is 5.74. The third kappa shape index (κ3) is 6.54. The Kier molecular flexibility index (Phi) is 9.57. The van der Waals surface area contributed by atoms with Crippen molar-refractivity contribution < 1.29 is 4.79 Å². The van der Waals surface area contributed by atoms with Crippen LogP contribution < -0.4 is 10.6 Å². The first kappa shape index (κ1) is 21.1. The van der Waals surface area contributed by atoms with E-state index in [1.165, 1.54) is 11.3 Å². The van der Waals surface area contributed by atoms with Crippen LogP contribution in [0.1, 0.15) is 41.8 Å². The Morgan fingerprint density at radius 3 is 2.54 bits per heavy atom. The molecule has 136 valence electrons. The molecular formula is C16H28IN5OS. The van der Waals surface area contributed by atoms with E-state index in [1.807, 2.05) is 18.7 Å². The van der Waals surface area contributed by atoms with Gasteiger partial charge < -0.3 is 15.5 Å². The van der Waals surface area contributed by atoms with E-state index in [1.54, 1.807) is 11.3 Å². The molecule has 0 spiro atoms. The number of guanidine groups is 1. The number of carbonyl (C=O) groups is 1. The van der Waals surface area contributed by atoms with Gasteiger partial charge >= 0.3 is 0 Å². The summed E-state index contributed by atoms with van der Waals surface area (Å²) in [6.45, 7) is 9.44. The standard InChI is InChI=1S/C16H27N5OS.HI/c1-4-17-16(18-10-14-20-12(2)13(3)23-14)19-11-15(22)21-8-6-5-7-9-21;/h4-11H2,1-3H3,(H2,17,18,19);1H. The van der Waals surface area contributed by atoms with Crippen molar-refractivity contribution in [3.8, 4) is 0 Å². The molecule has 0 aromatic carbocycles. The lowest BCUT2D eigenvalue weighted by molar-refractivity contribution is -0.130. The number of halogens is 1. The summed E-state index contributed by atoms with van der Waals surface area (Å²) in [4.78, 5) is 24.3. The molecule has 1 aromatic rings. The zero-order valence-corrected chi connectivity index (χ0v) is 17.9. The normalized spacial score (nSPS) is 15.0. The average molecular weight is 465 g/mol. The van der Waals surface area contributed by atoms with Gasteiger partial charge in [0.1, 0.15) is 11.6 Å². The van der Waals surface area contributed by atoms with Crippen LogP contribution in [0.4, 0.5) is 0 Å². The quantitative estimate of drug-likeness (QED) is 0.398. The maximum Gasteiger partial charge on any atom is 0.244 e. The van der Waals surface area contributed by atoms with E-state index in [2.05, 4.69) is 27.5 Å². The Bertz CT molecular complexity index is 535. The third-order valence-electron chi connectivity index (χ3n) is 3.91. The van der Waals surface area contributed by atoms with Gasteiger partial charge in [-0.05, 0) is 40.0 Å². The fourth-order valence-corrected chi connectivity index (χ4v) is 3.38. The number of likely N-dealkylation sites (tertiary alicyclic amines) is 1. The van der Waals surface area contributed by atoms with E-state index in [4.69, 9.17) is 0 Å². The zero-order valence-electron chi connectivity index (χ0n) is 14.7. The smallest absolute Gasteiger partial charge is 0.244 e. The molecule has 0 bridgehead atoms. The summed E-state index contributed by atoms with van der Waals surface area (Å²) in [6, 6.07) is 0. The minimum atomic E-state index is 0. The average Bonchev–Trinajstić information content (AvgIpc) is 2.89. The Labute approximate surface area is 165 Å². The van der Waals surface area contributed by atoms with Gasteiger partial charge in [0.25, 0.3) is 0 Å². The summed E-state index contributed by atoms with van der Waals surface area (Å²) in [5.74, 6) is 0.784. The molecule has 8 heteroatoms. The molecule has 2 N–H and O–H groups in total. The number of aliphatic imine (C=N–C) groups is 1. The summed E-state index contributed by atoms with van der Waals surface area (Å²) in [5, 5.41) is 7.46. The van der Waals surface area contributed by atoms with Gasteiger partial charge in [0.15, 0.2) is 5.96 Å². The van der Waals surface area contributed by atoms with Gasteiger partial charge in [0.2, 0.25) is 5.91 Å². The molecular weight excluding hydrogens is 437 g/mol. The number of piperidine rings is 1. The van der Waals surface area contributed by atoms with Gasteiger partial charge in [-0.15, -0.1) is 35.3 Å². The summed E-state index contributed by atoms with van der Waals surface area (Å²) in [7, 11) is 0. The summed E-state index contributed by atoms with van der Waals surface area (Å²) >= 11 is 1.69. The maximum absolute atomic E-state index is 12.2. The molecule has 24 heavy (non-hydrogen) atoms. The third-order valence-corrected chi connectivity index (χ3v) is 4.98. The lowest BCUT2D eigenvalue weighted by Crippen LogP contribution is -2.40. The van der Waals surface area contributed by atoms with Crippen LogP contribution in [0.15, 0.2) is 4.99 Å². The number of hydrogen-bond donors (Lipinski definition) is 2. The number of carbonyl (C=O) groups excluding carboxylic acids is 1. The van der Waals surface area contributed by atoms with Crippen molar-refractivity contribution in [2.75, 3.05) is 26.2 Å². The number of aromatic nitrogens is 1. The first-order chi connectivity index (χ1) is 11.1. The van der Waals surface area contributed by atoms with E-state index < -0.39 is 0 Å². The molecule has 1 aliphatic heterocycles. The number of nitrogens with zero attached hydrogens (tertiary/aromatic N) is 3. The van der Waals surface area contributed by atoms with Crippen molar-refractivity contribution in [1.29, 1.82) is 0 Å². The fraction of sp³-hybridized carbons (Fsp3) is 0.688. The molecule has 6 nitrogen and oxygen atoms in total. The van der Waals surface area contributed by atoms with Crippen LogP contribution in [-0.2, 0) is 11.3 Å². The highest BCUT2D eigenvalue weighted by atomic mass is 127. The second-order valence-corrected chi connectivity index (χ2v) is 7.03. The number of aryl methyl sites for hydroxylation is 2. The van der Waals surface area contributed by atoms with Crippen LogP contribution in [0.2, 0.25) is 0 Å². The molecule has 1 amide bonds. The first-order valence-corrected chi connectivity index (χ1v) is 9.14. The minimum absolute atomic E-state index is 0. The monoisotopic (exact) mass is 465 g/mol. The first-order valence-electron chi connectivity index (χ1n) is 8.33. The Hall–Kier alpha value is -0.900. The molecule has 0 saturated carbocycles. The van der Waals surface area contributed by atoms with Gasteiger partial charge in [0.05, 0.1) is 12.2 Å². The molecule has 0 unspecified atom stereocenters. The summed E-state index contributed by atoms with van der Waals surface area (Å²) < 4.78 is 0. The van der Waals surface area contributed by atoms with E-state index in [0.717, 1.165) is 43.2 Å². The van der Waals surface area contributed by atoms with Crippen molar-refractivity contribution in [2.24, 2.45) is 4.99 Å². The number of amides is 1. The lowest BCUT2D eigenvalue weighted by atomic mass is 10.1. The number of hydrogen-bond acceptors (Lipinski definition) is 4. The number of rotatable bonds is 5. The molecule has 2 rings (SSSR count). The largest absolute Gasteiger partial charge is 0.357 e. The summed E-state index contributed by atoms with van der Waals surface area (Å²) in [5.41, 5.74) is 1.08. The van der Waals surface area contributed by atoms with Crippen LogP contribution in [0.5, 0.6) is 0 Å². The minimum Gasteiger partial charge on any atom is -0.357 e. The number of thiazole rings is 1. The Morgan fingerprint density at radius 1 is 1.25 bits per heavy atom. The van der Waals surface area contributed by atoms with Crippen molar-refractivity contribution in [3.05, 3.63) is 15.6 Å². The molecule has 0 atom stereocenters.